The molecule has 0 fully saturated rings. The fourth-order valence-corrected chi connectivity index (χ4v) is 2.96. The van der Waals surface area contributed by atoms with Gasteiger partial charge in [0.2, 0.25) is 0 Å². The number of carbonyl (C=O) groups excluding carboxylic acids is 2. The molecule has 0 saturated carbocycles. The Balaban J connectivity index is 0.00000156. The number of benzene rings is 2. The molecule has 2 aromatic rings. The van der Waals surface area contributed by atoms with Gasteiger partial charge in [-0.15, -0.1) is 11.4 Å². The Hall–Kier alpha value is -1.94. The van der Waals surface area contributed by atoms with Crippen LogP contribution in [0.3, 0.4) is 0 Å². The molecule has 1 aliphatic heterocycles. The normalized spacial score (nSPS) is 15.4. The Kier molecular flexibility index (Phi) is 4.11. The van der Waals surface area contributed by atoms with Gasteiger partial charge in [0.15, 0.2) is 11.6 Å². The van der Waals surface area contributed by atoms with Crippen LogP contribution in [0.25, 0.3) is 10.9 Å². The SMILES string of the molecule is CC1=CC(=C2C(=O)c3ccccc3C2=O)[N-]c2ccccc21.[Na+]. The van der Waals surface area contributed by atoms with E-state index < -0.39 is 0 Å². The van der Waals surface area contributed by atoms with E-state index in [4.69, 9.17) is 0 Å². The maximum Gasteiger partial charge on any atom is 1.00 e. The Morgan fingerprint density at radius 2 is 1.30 bits per heavy atom. The Morgan fingerprint density at radius 3 is 1.91 bits per heavy atom. The molecule has 2 aromatic carbocycles. The van der Waals surface area contributed by atoms with Gasteiger partial charge in [-0.25, -0.2) is 0 Å². The predicted octanol–water partition coefficient (Wildman–Crippen LogP) is 1.45. The van der Waals surface area contributed by atoms with Gasteiger partial charge < -0.3 is 5.32 Å². The van der Waals surface area contributed by atoms with Crippen LogP contribution in [0.4, 0.5) is 5.69 Å². The molecule has 4 heteroatoms. The van der Waals surface area contributed by atoms with E-state index in [-0.39, 0.29) is 46.7 Å². The molecule has 0 saturated heterocycles. The zero-order chi connectivity index (χ0) is 15.3. The van der Waals surface area contributed by atoms with Gasteiger partial charge in [-0.05, 0) is 18.1 Å². The molecule has 0 spiro atoms. The van der Waals surface area contributed by atoms with Gasteiger partial charge in [-0.2, -0.15) is 0 Å². The third-order valence-corrected chi connectivity index (χ3v) is 4.05. The van der Waals surface area contributed by atoms with Crippen molar-refractivity contribution in [3.05, 3.63) is 87.9 Å². The molecule has 23 heavy (non-hydrogen) atoms. The minimum atomic E-state index is -0.234. The Labute approximate surface area is 156 Å². The van der Waals surface area contributed by atoms with Crippen molar-refractivity contribution < 1.29 is 39.1 Å². The first-order valence-corrected chi connectivity index (χ1v) is 7.09. The van der Waals surface area contributed by atoms with Crippen LogP contribution in [0.1, 0.15) is 33.2 Å². The summed E-state index contributed by atoms with van der Waals surface area (Å²) >= 11 is 0. The third-order valence-electron chi connectivity index (χ3n) is 4.05. The van der Waals surface area contributed by atoms with Crippen LogP contribution in [-0.4, -0.2) is 11.6 Å². The Bertz CT molecular complexity index is 872. The molecule has 0 radical (unpaired) electrons. The van der Waals surface area contributed by atoms with Crippen molar-refractivity contribution in [3.63, 3.8) is 0 Å². The second-order valence-electron chi connectivity index (χ2n) is 5.42. The summed E-state index contributed by atoms with van der Waals surface area (Å²) < 4.78 is 0. The van der Waals surface area contributed by atoms with Crippen LogP contribution >= 0.6 is 0 Å². The van der Waals surface area contributed by atoms with Crippen molar-refractivity contribution >= 4 is 22.8 Å². The van der Waals surface area contributed by atoms with Gasteiger partial charge in [0.05, 0.1) is 5.57 Å². The topological polar surface area (TPSA) is 48.2 Å². The number of para-hydroxylation sites is 1. The number of allylic oxidation sites excluding steroid dienone is 3. The van der Waals surface area contributed by atoms with Crippen LogP contribution in [0.15, 0.2) is 65.9 Å². The van der Waals surface area contributed by atoms with Gasteiger partial charge in [0, 0.05) is 11.1 Å². The number of nitrogens with zero attached hydrogens (tertiary/aromatic N) is 1. The predicted molar refractivity (Wildman–Crippen MR) is 85.2 cm³/mol. The van der Waals surface area contributed by atoms with Crippen LogP contribution in [0.2, 0.25) is 0 Å². The zero-order valence-electron chi connectivity index (χ0n) is 13.0. The van der Waals surface area contributed by atoms with Crippen molar-refractivity contribution in [2.24, 2.45) is 0 Å². The number of Topliss-reactive ketones (excluding diaryl/α,β-unsaturated/α-hetero) is 2. The van der Waals surface area contributed by atoms with Crippen molar-refractivity contribution in [1.29, 1.82) is 0 Å². The van der Waals surface area contributed by atoms with E-state index in [1.54, 1.807) is 24.3 Å². The smallest absolute Gasteiger partial charge is 0.657 e. The fourth-order valence-electron chi connectivity index (χ4n) is 2.96. The van der Waals surface area contributed by atoms with Crippen molar-refractivity contribution in [1.82, 2.24) is 0 Å². The van der Waals surface area contributed by atoms with Crippen molar-refractivity contribution in [2.75, 3.05) is 0 Å². The molecule has 1 heterocycles. The summed E-state index contributed by atoms with van der Waals surface area (Å²) in [6.45, 7) is 1.96. The summed E-state index contributed by atoms with van der Waals surface area (Å²) in [5, 5.41) is 4.52. The summed E-state index contributed by atoms with van der Waals surface area (Å²) in [7, 11) is 0. The molecule has 3 nitrogen and oxygen atoms in total. The van der Waals surface area contributed by atoms with E-state index in [1.165, 1.54) is 0 Å². The standard InChI is InChI=1S/C19H13NO2.Na/c1-11-10-16(20-15-9-5-4-6-12(11)15)17-18(21)13-7-2-3-8-14(13)19(17)22;/h2-10H,1H3,(H,20,21,22);/q;+1/p-1. The third kappa shape index (κ3) is 2.41. The van der Waals surface area contributed by atoms with E-state index in [9.17, 15) is 9.59 Å². The number of hydrogen-bond donors (Lipinski definition) is 0. The summed E-state index contributed by atoms with van der Waals surface area (Å²) in [5.41, 5.74) is 4.40. The molecule has 0 atom stereocenters. The quantitative estimate of drug-likeness (QED) is 0.420. The summed E-state index contributed by atoms with van der Waals surface area (Å²) in [6.07, 6.45) is 1.82. The van der Waals surface area contributed by atoms with E-state index in [0.717, 1.165) is 16.8 Å². The molecule has 106 valence electrons. The number of fused-ring (bicyclic) bond motifs is 2. The minimum absolute atomic E-state index is 0. The van der Waals surface area contributed by atoms with Crippen LogP contribution < -0.4 is 29.6 Å². The average molecular weight is 309 g/mol. The molecule has 0 aromatic heterocycles. The number of hydrogen-bond acceptors (Lipinski definition) is 2. The molecular formula is C19H12NNaO2. The maximum atomic E-state index is 12.6. The summed E-state index contributed by atoms with van der Waals surface area (Å²) in [4.78, 5) is 25.1. The van der Waals surface area contributed by atoms with Gasteiger partial charge in [-0.1, -0.05) is 54.6 Å². The van der Waals surface area contributed by atoms with E-state index in [0.29, 0.717) is 16.8 Å². The van der Waals surface area contributed by atoms with Crippen molar-refractivity contribution in [2.45, 2.75) is 6.92 Å². The second kappa shape index (κ2) is 5.93. The monoisotopic (exact) mass is 309 g/mol. The van der Waals surface area contributed by atoms with Crippen molar-refractivity contribution in [3.8, 4) is 0 Å². The first-order chi connectivity index (χ1) is 10.7. The average Bonchev–Trinajstić information content (AvgIpc) is 2.79. The van der Waals surface area contributed by atoms with Gasteiger partial charge >= 0.3 is 29.6 Å². The molecule has 0 amide bonds. The van der Waals surface area contributed by atoms with E-state index >= 15 is 0 Å². The molecule has 1 aliphatic carbocycles. The van der Waals surface area contributed by atoms with Gasteiger partial charge in [0.1, 0.15) is 0 Å². The van der Waals surface area contributed by atoms with E-state index in [2.05, 4.69) is 5.32 Å². The van der Waals surface area contributed by atoms with E-state index in [1.807, 2.05) is 37.3 Å². The maximum absolute atomic E-state index is 12.6. The fraction of sp³-hybridized carbons (Fsp3) is 0.0526. The largest absolute Gasteiger partial charge is 1.00 e. The van der Waals surface area contributed by atoms with Gasteiger partial charge in [0.25, 0.3) is 0 Å². The number of rotatable bonds is 0. The van der Waals surface area contributed by atoms with Crippen LogP contribution in [0.5, 0.6) is 0 Å². The molecule has 0 unspecified atom stereocenters. The van der Waals surface area contributed by atoms with Gasteiger partial charge in [-0.3, -0.25) is 9.59 Å². The van der Waals surface area contributed by atoms with Crippen LogP contribution in [0, 0.1) is 0 Å². The molecule has 0 bridgehead atoms. The number of carbonyl (C=O) groups is 2. The molecule has 2 aliphatic rings. The summed E-state index contributed by atoms with van der Waals surface area (Å²) in [5.74, 6) is -0.467. The Morgan fingerprint density at radius 1 is 0.783 bits per heavy atom. The summed E-state index contributed by atoms with van der Waals surface area (Å²) in [6, 6.07) is 14.6. The first-order valence-electron chi connectivity index (χ1n) is 7.09. The second-order valence-corrected chi connectivity index (χ2v) is 5.42. The first kappa shape index (κ1) is 15.9. The zero-order valence-corrected chi connectivity index (χ0v) is 15.0. The molecular weight excluding hydrogens is 297 g/mol. The minimum Gasteiger partial charge on any atom is -0.657 e. The molecule has 0 N–H and O–H groups in total. The number of ketones is 2. The van der Waals surface area contributed by atoms with Crippen LogP contribution in [-0.2, 0) is 0 Å². The molecule has 4 rings (SSSR count).